The van der Waals surface area contributed by atoms with Crippen LogP contribution < -0.4 is 0 Å². The highest BCUT2D eigenvalue weighted by Crippen LogP contribution is 2.33. The number of piperidine rings is 1. The van der Waals surface area contributed by atoms with Gasteiger partial charge in [-0.1, -0.05) is 0 Å². The highest BCUT2D eigenvalue weighted by atomic mass is 19.1. The molecule has 2 saturated heterocycles. The summed E-state index contributed by atoms with van der Waals surface area (Å²) in [6.07, 6.45) is 10.2. The van der Waals surface area contributed by atoms with Crippen molar-refractivity contribution in [1.82, 2.24) is 24.3 Å². The maximum absolute atomic E-state index is 14.4. The van der Waals surface area contributed by atoms with E-state index >= 15 is 0 Å². The average molecular weight is 548 g/mol. The molecule has 0 radical (unpaired) electrons. The van der Waals surface area contributed by atoms with Crippen LogP contribution in [-0.4, -0.2) is 81.9 Å². The number of amides is 2. The number of hydrogen-bond acceptors (Lipinski definition) is 4. The van der Waals surface area contributed by atoms with Crippen molar-refractivity contribution in [2.75, 3.05) is 39.8 Å². The molecule has 1 aromatic carbocycles. The van der Waals surface area contributed by atoms with E-state index in [-0.39, 0.29) is 17.9 Å². The van der Waals surface area contributed by atoms with Crippen molar-refractivity contribution >= 4 is 22.7 Å². The fourth-order valence-corrected chi connectivity index (χ4v) is 6.46. The topological polar surface area (TPSA) is 61.7 Å². The van der Waals surface area contributed by atoms with Crippen molar-refractivity contribution in [3.63, 3.8) is 0 Å². The van der Waals surface area contributed by atoms with E-state index in [1.807, 2.05) is 35.7 Å². The number of carbonyl (C=O) groups is 2. The van der Waals surface area contributed by atoms with Crippen molar-refractivity contribution < 1.29 is 14.0 Å². The molecule has 8 heteroatoms. The summed E-state index contributed by atoms with van der Waals surface area (Å²) in [4.78, 5) is 35.7. The number of benzene rings is 1. The molecule has 4 heterocycles. The minimum atomic E-state index is -0.423. The van der Waals surface area contributed by atoms with Crippen molar-refractivity contribution in [3.8, 4) is 5.69 Å². The van der Waals surface area contributed by atoms with Gasteiger partial charge in [0.1, 0.15) is 5.82 Å². The number of likely N-dealkylation sites (tertiary alicyclic amines) is 2. The first-order chi connectivity index (χ1) is 19.1. The molecule has 0 spiro atoms. The van der Waals surface area contributed by atoms with E-state index in [0.717, 1.165) is 69.5 Å². The molecule has 2 aliphatic heterocycles. The molecule has 5 rings (SSSR count). The van der Waals surface area contributed by atoms with Gasteiger partial charge >= 0.3 is 0 Å². The Morgan fingerprint density at radius 2 is 1.82 bits per heavy atom. The number of aromatic nitrogens is 2. The second-order valence-electron chi connectivity index (χ2n) is 12.1. The van der Waals surface area contributed by atoms with E-state index in [2.05, 4.69) is 23.0 Å². The van der Waals surface area contributed by atoms with Crippen molar-refractivity contribution in [3.05, 3.63) is 59.3 Å². The van der Waals surface area contributed by atoms with Gasteiger partial charge < -0.3 is 19.3 Å². The Morgan fingerprint density at radius 3 is 2.52 bits per heavy atom. The number of carbonyl (C=O) groups excluding carboxylic acids is 2. The maximum atomic E-state index is 14.4. The molecule has 7 nitrogen and oxygen atoms in total. The van der Waals surface area contributed by atoms with Crippen LogP contribution in [0.5, 0.6) is 0 Å². The summed E-state index contributed by atoms with van der Waals surface area (Å²) in [5.41, 5.74) is 4.32. The Hall–Kier alpha value is -3.26. The number of aryl methyl sites for hydroxylation is 1. The maximum Gasteiger partial charge on any atom is 0.256 e. The molecule has 1 atom stereocenters. The third-order valence-corrected chi connectivity index (χ3v) is 8.98. The van der Waals surface area contributed by atoms with Gasteiger partial charge in [-0.2, -0.15) is 0 Å². The highest BCUT2D eigenvalue weighted by molar-refractivity contribution is 5.99. The second kappa shape index (κ2) is 11.7. The van der Waals surface area contributed by atoms with Gasteiger partial charge in [0, 0.05) is 64.0 Å². The van der Waals surface area contributed by atoms with Gasteiger partial charge in [-0.25, -0.2) is 4.39 Å². The molecule has 3 aromatic rings. The van der Waals surface area contributed by atoms with E-state index in [0.29, 0.717) is 23.1 Å². The van der Waals surface area contributed by atoms with E-state index in [1.54, 1.807) is 24.9 Å². The zero-order valence-corrected chi connectivity index (χ0v) is 24.5. The molecule has 2 aliphatic rings. The van der Waals surface area contributed by atoms with Crippen molar-refractivity contribution in [2.24, 2.45) is 11.8 Å². The van der Waals surface area contributed by atoms with Crippen LogP contribution >= 0.6 is 0 Å². The van der Waals surface area contributed by atoms with Gasteiger partial charge in [-0.15, -0.1) is 0 Å². The van der Waals surface area contributed by atoms with Crippen LogP contribution in [0.3, 0.4) is 0 Å². The van der Waals surface area contributed by atoms with Crippen LogP contribution in [-0.2, 0) is 11.2 Å². The number of pyridine rings is 1. The molecule has 40 heavy (non-hydrogen) atoms. The summed E-state index contributed by atoms with van der Waals surface area (Å²) < 4.78 is 16.4. The van der Waals surface area contributed by atoms with E-state index < -0.39 is 5.82 Å². The molecular weight excluding hydrogens is 505 g/mol. The third kappa shape index (κ3) is 5.78. The average Bonchev–Trinajstić information content (AvgIpc) is 3.53. The van der Waals surface area contributed by atoms with Gasteiger partial charge in [0.25, 0.3) is 5.91 Å². The smallest absolute Gasteiger partial charge is 0.256 e. The zero-order chi connectivity index (χ0) is 28.6. The Balaban J connectivity index is 1.38. The molecule has 0 saturated carbocycles. The SMILES string of the molecule is CC(=O)N1CCC(CN2CC[C@@H](Cc3cn(-c4ccc(F)cc4C(=O)N(C)C(C)C)c4cncc(C)c34)C2)CC1. The lowest BCUT2D eigenvalue weighted by Crippen LogP contribution is -2.40. The van der Waals surface area contributed by atoms with Crippen LogP contribution in [0.15, 0.2) is 36.8 Å². The zero-order valence-electron chi connectivity index (χ0n) is 24.5. The molecule has 0 N–H and O–H groups in total. The third-order valence-electron chi connectivity index (χ3n) is 8.98. The summed E-state index contributed by atoms with van der Waals surface area (Å²) in [5, 5.41) is 1.17. The van der Waals surface area contributed by atoms with Gasteiger partial charge in [-0.3, -0.25) is 14.6 Å². The first kappa shape index (κ1) is 28.3. The van der Waals surface area contributed by atoms with Crippen LogP contribution in [0.1, 0.15) is 61.5 Å². The minimum Gasteiger partial charge on any atom is -0.343 e. The molecular formula is C32H42FN5O2. The van der Waals surface area contributed by atoms with E-state index in [9.17, 15) is 14.0 Å². The van der Waals surface area contributed by atoms with Crippen LogP contribution in [0.4, 0.5) is 4.39 Å². The van der Waals surface area contributed by atoms with Crippen LogP contribution in [0.25, 0.3) is 16.6 Å². The van der Waals surface area contributed by atoms with Gasteiger partial charge in [0.05, 0.1) is 23.0 Å². The fourth-order valence-electron chi connectivity index (χ4n) is 6.46. The second-order valence-corrected chi connectivity index (χ2v) is 12.1. The highest BCUT2D eigenvalue weighted by Gasteiger charge is 2.29. The molecule has 0 aliphatic carbocycles. The molecule has 2 aromatic heterocycles. The molecule has 2 fully saturated rings. The summed E-state index contributed by atoms with van der Waals surface area (Å²) in [5.74, 6) is 0.768. The predicted molar refractivity (Wildman–Crippen MR) is 156 cm³/mol. The monoisotopic (exact) mass is 547 g/mol. The number of hydrogen-bond donors (Lipinski definition) is 0. The lowest BCUT2D eigenvalue weighted by atomic mass is 9.96. The normalized spacial score (nSPS) is 18.7. The Kier molecular flexibility index (Phi) is 8.26. The molecule has 0 unspecified atom stereocenters. The van der Waals surface area contributed by atoms with Crippen LogP contribution in [0, 0.1) is 24.6 Å². The lowest BCUT2D eigenvalue weighted by molar-refractivity contribution is -0.130. The fraction of sp³-hybridized carbons (Fsp3) is 0.531. The number of rotatable bonds is 7. The van der Waals surface area contributed by atoms with Gasteiger partial charge in [0.15, 0.2) is 0 Å². The summed E-state index contributed by atoms with van der Waals surface area (Å²) in [6.45, 7) is 12.7. The summed E-state index contributed by atoms with van der Waals surface area (Å²) in [7, 11) is 1.76. The molecule has 0 bridgehead atoms. The lowest BCUT2D eigenvalue weighted by Gasteiger charge is -2.33. The van der Waals surface area contributed by atoms with Crippen molar-refractivity contribution in [1.29, 1.82) is 0 Å². The first-order valence-electron chi connectivity index (χ1n) is 14.6. The van der Waals surface area contributed by atoms with E-state index in [4.69, 9.17) is 0 Å². The summed E-state index contributed by atoms with van der Waals surface area (Å²) >= 11 is 0. The van der Waals surface area contributed by atoms with Gasteiger partial charge in [0.2, 0.25) is 5.91 Å². The number of fused-ring (bicyclic) bond motifs is 1. The Bertz CT molecular complexity index is 1390. The molecule has 2 amide bonds. The van der Waals surface area contributed by atoms with Crippen molar-refractivity contribution in [2.45, 2.75) is 59.4 Å². The quantitative estimate of drug-likeness (QED) is 0.414. The molecule has 214 valence electrons. The predicted octanol–water partition coefficient (Wildman–Crippen LogP) is 5.08. The number of halogens is 1. The largest absolute Gasteiger partial charge is 0.343 e. The Morgan fingerprint density at radius 1 is 1.10 bits per heavy atom. The summed E-state index contributed by atoms with van der Waals surface area (Å²) in [6, 6.07) is 4.47. The Labute approximate surface area is 236 Å². The van der Waals surface area contributed by atoms with Gasteiger partial charge in [-0.05, 0) is 94.2 Å². The number of nitrogens with zero attached hydrogens (tertiary/aromatic N) is 5. The standard InChI is InChI=1S/C32H42FN5O2/c1-21(2)35(5)32(40)28-15-27(33)6-7-29(28)38-20-26(31-22(3)16-34-17-30(31)38)14-25-8-11-36(19-25)18-24-9-12-37(13-10-24)23(4)39/h6-7,15-17,20-21,24-25H,8-14,18-19H2,1-5H3/t25-/m0/s1. The first-order valence-corrected chi connectivity index (χ1v) is 14.6. The minimum absolute atomic E-state index is 0.00325. The van der Waals surface area contributed by atoms with Crippen LogP contribution in [0.2, 0.25) is 0 Å². The van der Waals surface area contributed by atoms with E-state index in [1.165, 1.54) is 23.1 Å².